The number of methoxy groups -OCH3 is 1. The van der Waals surface area contributed by atoms with Crippen molar-refractivity contribution < 1.29 is 9.53 Å². The fourth-order valence-corrected chi connectivity index (χ4v) is 2.40. The number of nitrogens with zero attached hydrogens (tertiary/aromatic N) is 3. The first kappa shape index (κ1) is 12.9. The molecule has 0 radical (unpaired) electrons. The molecule has 1 fully saturated rings. The van der Waals surface area contributed by atoms with Gasteiger partial charge in [0.05, 0.1) is 11.9 Å². The van der Waals surface area contributed by atoms with E-state index < -0.39 is 0 Å². The number of nitrogens with two attached hydrogens (primary N) is 1. The Morgan fingerprint density at radius 2 is 2.22 bits per heavy atom. The summed E-state index contributed by atoms with van der Waals surface area (Å²) in [6.45, 7) is 2.30. The van der Waals surface area contributed by atoms with Gasteiger partial charge in [0.1, 0.15) is 5.69 Å². The molecule has 6 heteroatoms. The first-order chi connectivity index (χ1) is 8.63. The highest BCUT2D eigenvalue weighted by Gasteiger charge is 2.26. The van der Waals surface area contributed by atoms with Crippen LogP contribution < -0.4 is 5.73 Å². The minimum absolute atomic E-state index is 0.0247. The average molecular weight is 252 g/mol. The van der Waals surface area contributed by atoms with E-state index in [-0.39, 0.29) is 5.91 Å². The predicted octanol–water partition coefficient (Wildman–Crippen LogP) is 0.501. The lowest BCUT2D eigenvalue weighted by Crippen LogP contribution is -2.40. The minimum atomic E-state index is -0.0247. The molecule has 1 aliphatic rings. The summed E-state index contributed by atoms with van der Waals surface area (Å²) in [4.78, 5) is 14.2. The molecule has 1 aromatic rings. The van der Waals surface area contributed by atoms with Crippen LogP contribution in [0.5, 0.6) is 0 Å². The van der Waals surface area contributed by atoms with Gasteiger partial charge in [-0.15, -0.1) is 0 Å². The highest BCUT2D eigenvalue weighted by atomic mass is 16.5. The second-order valence-corrected chi connectivity index (χ2v) is 4.76. The Bertz CT molecular complexity index is 402. The van der Waals surface area contributed by atoms with E-state index in [1.807, 2.05) is 4.90 Å². The number of amides is 1. The Morgan fingerprint density at radius 1 is 1.56 bits per heavy atom. The number of carbonyl (C=O) groups excluding carboxylic acids is 1. The van der Waals surface area contributed by atoms with Crippen molar-refractivity contribution in [3.05, 3.63) is 11.9 Å². The Balaban J connectivity index is 2.00. The van der Waals surface area contributed by atoms with Gasteiger partial charge in [0.15, 0.2) is 0 Å². The molecule has 2 N–H and O–H groups in total. The number of carbonyl (C=O) groups is 1. The SMILES string of the molecule is COCC1CCN(C(=O)c2c(N)cnn2C)CC1. The third kappa shape index (κ3) is 2.48. The zero-order valence-corrected chi connectivity index (χ0v) is 10.9. The lowest BCUT2D eigenvalue weighted by Gasteiger charge is -2.31. The van der Waals surface area contributed by atoms with Crippen LogP contribution in [0, 0.1) is 5.92 Å². The number of hydrogen-bond acceptors (Lipinski definition) is 4. The normalized spacial score (nSPS) is 17.1. The number of likely N-dealkylation sites (tertiary alicyclic amines) is 1. The molecule has 0 saturated carbocycles. The van der Waals surface area contributed by atoms with Gasteiger partial charge in [-0.2, -0.15) is 5.10 Å². The van der Waals surface area contributed by atoms with Crippen molar-refractivity contribution >= 4 is 11.6 Å². The number of rotatable bonds is 3. The third-order valence-electron chi connectivity index (χ3n) is 3.47. The molecule has 2 rings (SSSR count). The Labute approximate surface area is 107 Å². The van der Waals surface area contributed by atoms with E-state index >= 15 is 0 Å². The quantitative estimate of drug-likeness (QED) is 0.850. The van der Waals surface area contributed by atoms with Gasteiger partial charge in [0.25, 0.3) is 5.91 Å². The Hall–Kier alpha value is -1.56. The number of anilines is 1. The molecule has 0 bridgehead atoms. The summed E-state index contributed by atoms with van der Waals surface area (Å²) in [6, 6.07) is 0. The predicted molar refractivity (Wildman–Crippen MR) is 68.1 cm³/mol. The van der Waals surface area contributed by atoms with Gasteiger partial charge in [-0.25, -0.2) is 0 Å². The van der Waals surface area contributed by atoms with Gasteiger partial charge in [0.2, 0.25) is 0 Å². The van der Waals surface area contributed by atoms with E-state index in [1.165, 1.54) is 6.20 Å². The Morgan fingerprint density at radius 3 is 2.72 bits per heavy atom. The van der Waals surface area contributed by atoms with Crippen LogP contribution in [0.4, 0.5) is 5.69 Å². The lowest BCUT2D eigenvalue weighted by molar-refractivity contribution is 0.0604. The van der Waals surface area contributed by atoms with Crippen molar-refractivity contribution in [1.82, 2.24) is 14.7 Å². The molecule has 0 spiro atoms. The molecule has 1 amide bonds. The van der Waals surface area contributed by atoms with Crippen molar-refractivity contribution in [2.24, 2.45) is 13.0 Å². The first-order valence-electron chi connectivity index (χ1n) is 6.19. The maximum Gasteiger partial charge on any atom is 0.274 e. The van der Waals surface area contributed by atoms with E-state index in [2.05, 4.69) is 5.10 Å². The largest absolute Gasteiger partial charge is 0.396 e. The van der Waals surface area contributed by atoms with E-state index in [0.29, 0.717) is 17.3 Å². The van der Waals surface area contributed by atoms with Crippen LogP contribution in [0.3, 0.4) is 0 Å². The maximum atomic E-state index is 12.3. The van der Waals surface area contributed by atoms with Crippen LogP contribution >= 0.6 is 0 Å². The number of hydrogen-bond donors (Lipinski definition) is 1. The van der Waals surface area contributed by atoms with E-state index in [4.69, 9.17) is 10.5 Å². The number of aromatic nitrogens is 2. The molecule has 1 aliphatic heterocycles. The van der Waals surface area contributed by atoms with Crippen LogP contribution in [-0.2, 0) is 11.8 Å². The van der Waals surface area contributed by atoms with Gasteiger partial charge >= 0.3 is 0 Å². The molecule has 2 heterocycles. The van der Waals surface area contributed by atoms with Gasteiger partial charge in [0, 0.05) is 33.9 Å². The highest BCUT2D eigenvalue weighted by molar-refractivity contribution is 5.97. The molecule has 1 aromatic heterocycles. The molecule has 0 aromatic carbocycles. The second-order valence-electron chi connectivity index (χ2n) is 4.76. The molecule has 1 saturated heterocycles. The van der Waals surface area contributed by atoms with E-state index in [0.717, 1.165) is 32.5 Å². The van der Waals surface area contributed by atoms with Crippen LogP contribution in [0.2, 0.25) is 0 Å². The van der Waals surface area contributed by atoms with Crippen LogP contribution in [-0.4, -0.2) is 47.4 Å². The smallest absolute Gasteiger partial charge is 0.274 e. The van der Waals surface area contributed by atoms with Crippen molar-refractivity contribution in [3.8, 4) is 0 Å². The van der Waals surface area contributed by atoms with Crippen molar-refractivity contribution in [2.75, 3.05) is 32.5 Å². The van der Waals surface area contributed by atoms with E-state index in [9.17, 15) is 4.79 Å². The first-order valence-corrected chi connectivity index (χ1v) is 6.19. The Kier molecular flexibility index (Phi) is 3.86. The molecule has 0 atom stereocenters. The second kappa shape index (κ2) is 5.39. The molecule has 6 nitrogen and oxygen atoms in total. The number of piperidine rings is 1. The average Bonchev–Trinajstić information content (AvgIpc) is 2.70. The number of nitrogen functional groups attached to an aromatic ring is 1. The summed E-state index contributed by atoms with van der Waals surface area (Å²) in [5.74, 6) is 0.534. The zero-order valence-electron chi connectivity index (χ0n) is 10.9. The van der Waals surface area contributed by atoms with Crippen LogP contribution in [0.25, 0.3) is 0 Å². The molecule has 0 unspecified atom stereocenters. The fraction of sp³-hybridized carbons (Fsp3) is 0.667. The van der Waals surface area contributed by atoms with Crippen molar-refractivity contribution in [3.63, 3.8) is 0 Å². The zero-order chi connectivity index (χ0) is 13.1. The lowest BCUT2D eigenvalue weighted by atomic mass is 9.97. The monoisotopic (exact) mass is 252 g/mol. The summed E-state index contributed by atoms with van der Waals surface area (Å²) >= 11 is 0. The summed E-state index contributed by atoms with van der Waals surface area (Å²) in [5.41, 5.74) is 6.71. The molecule has 0 aliphatic carbocycles. The minimum Gasteiger partial charge on any atom is -0.396 e. The van der Waals surface area contributed by atoms with Gasteiger partial charge < -0.3 is 15.4 Å². The topological polar surface area (TPSA) is 73.4 Å². The van der Waals surface area contributed by atoms with Crippen molar-refractivity contribution in [1.29, 1.82) is 0 Å². The standard InChI is InChI=1S/C12H20N4O2/c1-15-11(10(13)7-14-15)12(17)16-5-3-9(4-6-16)8-18-2/h7,9H,3-6,8,13H2,1-2H3. The molecular weight excluding hydrogens is 232 g/mol. The molecule has 18 heavy (non-hydrogen) atoms. The van der Waals surface area contributed by atoms with E-state index in [1.54, 1.807) is 18.8 Å². The highest BCUT2D eigenvalue weighted by Crippen LogP contribution is 2.20. The summed E-state index contributed by atoms with van der Waals surface area (Å²) in [6.07, 6.45) is 3.49. The molecular formula is C12H20N4O2. The fourth-order valence-electron chi connectivity index (χ4n) is 2.40. The summed E-state index contributed by atoms with van der Waals surface area (Å²) in [5, 5.41) is 4.00. The number of ether oxygens (including phenoxy) is 1. The third-order valence-corrected chi connectivity index (χ3v) is 3.47. The number of aryl methyl sites for hydroxylation is 1. The molecule has 100 valence electrons. The van der Waals surface area contributed by atoms with Gasteiger partial charge in [-0.1, -0.05) is 0 Å². The van der Waals surface area contributed by atoms with Crippen molar-refractivity contribution in [2.45, 2.75) is 12.8 Å². The summed E-state index contributed by atoms with van der Waals surface area (Å²) < 4.78 is 6.69. The van der Waals surface area contributed by atoms with Gasteiger partial charge in [-0.3, -0.25) is 9.48 Å². The van der Waals surface area contributed by atoms with Crippen LogP contribution in [0.1, 0.15) is 23.3 Å². The van der Waals surface area contributed by atoms with Gasteiger partial charge in [-0.05, 0) is 18.8 Å². The maximum absolute atomic E-state index is 12.3. The summed E-state index contributed by atoms with van der Waals surface area (Å²) in [7, 11) is 3.45. The van der Waals surface area contributed by atoms with Crippen LogP contribution in [0.15, 0.2) is 6.20 Å².